The number of aromatic hydroxyl groups is 1. The average Bonchev–Trinajstić information content (AvgIpc) is 3.28. The third kappa shape index (κ3) is 4.76. The van der Waals surface area contributed by atoms with Crippen molar-refractivity contribution >= 4 is 45.7 Å². The van der Waals surface area contributed by atoms with Gasteiger partial charge in [0.2, 0.25) is 5.88 Å². The Balaban J connectivity index is 1.56. The first kappa shape index (κ1) is 24.0. The van der Waals surface area contributed by atoms with Crippen LogP contribution in [0.25, 0.3) is 11.8 Å². The second-order valence-electron chi connectivity index (χ2n) is 7.02. The van der Waals surface area contributed by atoms with Crippen LogP contribution >= 0.6 is 0 Å². The Labute approximate surface area is 201 Å². The third-order valence-corrected chi connectivity index (χ3v) is 6.27. The van der Waals surface area contributed by atoms with Gasteiger partial charge < -0.3 is 14.2 Å². The fraction of sp³-hybridized carbons (Fsp3) is 0. The first-order valence-electron chi connectivity index (χ1n) is 9.67. The molecule has 180 valence electrons. The molecule has 14 heteroatoms. The molecule has 0 bridgehead atoms. The standard InChI is InChI=1S/C21H16N4O8S2/c26-18-16(20(28)24(22-18)12-4-8-14(9-5-12)34(30)31)2-1-3-17-19(27)23-25(21(17)29)13-6-10-15(11-7-13)35(32)33/h1-11,28H,(H,22,26)(H,23,27)(H,30,31)(H,32,33)/b2-1?,17-3-. The number of allylic oxidation sites excluding steroid dienone is 2. The highest BCUT2D eigenvalue weighted by atomic mass is 32.2. The molecule has 5 N–H and O–H groups in total. The molecule has 0 aliphatic carbocycles. The summed E-state index contributed by atoms with van der Waals surface area (Å²) in [6.45, 7) is 0. The lowest BCUT2D eigenvalue weighted by Crippen LogP contribution is -2.35. The monoisotopic (exact) mass is 516 g/mol. The second kappa shape index (κ2) is 9.63. The number of nitrogens with one attached hydrogen (secondary N) is 2. The second-order valence-corrected chi connectivity index (χ2v) is 8.96. The zero-order valence-corrected chi connectivity index (χ0v) is 19.1. The molecule has 1 saturated heterocycles. The van der Waals surface area contributed by atoms with Gasteiger partial charge in [-0.25, -0.2) is 18.1 Å². The molecular formula is C21H16N4O8S2. The number of rotatable bonds is 6. The summed E-state index contributed by atoms with van der Waals surface area (Å²) in [6.07, 6.45) is 3.64. The number of amides is 2. The Bertz CT molecular complexity index is 1490. The lowest BCUT2D eigenvalue weighted by Gasteiger charge is -2.14. The fourth-order valence-corrected chi connectivity index (χ4v) is 3.93. The number of aromatic nitrogens is 2. The van der Waals surface area contributed by atoms with Crippen LogP contribution in [0.2, 0.25) is 0 Å². The summed E-state index contributed by atoms with van der Waals surface area (Å²) in [7, 11) is 0. The quantitative estimate of drug-likeness (QED) is 0.183. The topological polar surface area (TPSA) is 182 Å². The van der Waals surface area contributed by atoms with Gasteiger partial charge >= 0.3 is 0 Å². The zero-order valence-electron chi connectivity index (χ0n) is 17.4. The van der Waals surface area contributed by atoms with E-state index in [1.54, 1.807) is 0 Å². The van der Waals surface area contributed by atoms with E-state index in [1.165, 1.54) is 66.8 Å². The number of carbonyl (C=O) groups is 2. The number of hydrogen-bond donors (Lipinski definition) is 5. The van der Waals surface area contributed by atoms with Gasteiger partial charge in [0.25, 0.3) is 17.4 Å². The summed E-state index contributed by atoms with van der Waals surface area (Å²) in [4.78, 5) is 37.5. The number of nitrogens with zero attached hydrogens (tertiary/aromatic N) is 2. The minimum atomic E-state index is -2.19. The Kier molecular flexibility index (Phi) is 6.61. The van der Waals surface area contributed by atoms with Crippen molar-refractivity contribution in [2.45, 2.75) is 9.79 Å². The molecule has 1 fully saturated rings. The van der Waals surface area contributed by atoms with Crippen molar-refractivity contribution in [3.8, 4) is 11.6 Å². The number of anilines is 1. The Morgan fingerprint density at radius 2 is 1.37 bits per heavy atom. The minimum absolute atomic E-state index is 0.127. The van der Waals surface area contributed by atoms with Gasteiger partial charge in [0, 0.05) is 0 Å². The van der Waals surface area contributed by atoms with Crippen LogP contribution in [-0.4, -0.2) is 44.2 Å². The van der Waals surface area contributed by atoms with Crippen molar-refractivity contribution in [1.29, 1.82) is 0 Å². The highest BCUT2D eigenvalue weighted by Gasteiger charge is 2.34. The van der Waals surface area contributed by atoms with E-state index in [0.717, 1.165) is 9.69 Å². The van der Waals surface area contributed by atoms with Crippen LogP contribution in [0.4, 0.5) is 5.69 Å². The van der Waals surface area contributed by atoms with E-state index in [-0.39, 0.29) is 26.6 Å². The molecule has 2 atom stereocenters. The van der Waals surface area contributed by atoms with E-state index in [9.17, 15) is 27.9 Å². The Morgan fingerprint density at radius 1 is 0.829 bits per heavy atom. The summed E-state index contributed by atoms with van der Waals surface area (Å²) in [5, 5.41) is 13.8. The highest BCUT2D eigenvalue weighted by molar-refractivity contribution is 7.79. The van der Waals surface area contributed by atoms with Crippen molar-refractivity contribution in [3.05, 3.63) is 82.2 Å². The van der Waals surface area contributed by atoms with Crippen molar-refractivity contribution in [1.82, 2.24) is 15.2 Å². The molecule has 2 aromatic carbocycles. The van der Waals surface area contributed by atoms with Gasteiger partial charge in [-0.1, -0.05) is 6.08 Å². The number of H-pyrrole nitrogens is 1. The first-order valence-corrected chi connectivity index (χ1v) is 11.9. The predicted molar refractivity (Wildman–Crippen MR) is 125 cm³/mol. The van der Waals surface area contributed by atoms with Crippen molar-refractivity contribution < 1.29 is 32.2 Å². The van der Waals surface area contributed by atoms with Crippen LogP contribution in [-0.2, 0) is 31.7 Å². The van der Waals surface area contributed by atoms with Gasteiger partial charge in [0.05, 0.1) is 21.2 Å². The lowest BCUT2D eigenvalue weighted by atomic mass is 10.2. The van der Waals surface area contributed by atoms with Crippen LogP contribution in [0.5, 0.6) is 5.88 Å². The van der Waals surface area contributed by atoms with Gasteiger partial charge in [0.1, 0.15) is 11.1 Å². The van der Waals surface area contributed by atoms with E-state index >= 15 is 0 Å². The molecular weight excluding hydrogens is 500 g/mol. The normalized spacial score (nSPS) is 16.7. The lowest BCUT2D eigenvalue weighted by molar-refractivity contribution is -0.117. The molecule has 35 heavy (non-hydrogen) atoms. The van der Waals surface area contributed by atoms with Crippen LogP contribution in [0, 0.1) is 0 Å². The number of hydrogen-bond acceptors (Lipinski definition) is 6. The van der Waals surface area contributed by atoms with E-state index in [2.05, 4.69) is 10.5 Å². The van der Waals surface area contributed by atoms with Gasteiger partial charge in [0.15, 0.2) is 22.2 Å². The van der Waals surface area contributed by atoms with Gasteiger partial charge in [-0.15, -0.1) is 0 Å². The number of hydrazine groups is 1. The molecule has 2 unspecified atom stereocenters. The molecule has 1 aliphatic rings. The predicted octanol–water partition coefficient (Wildman–Crippen LogP) is 1.05. The van der Waals surface area contributed by atoms with E-state index in [0.29, 0.717) is 5.69 Å². The van der Waals surface area contributed by atoms with E-state index in [1.807, 2.05) is 0 Å². The largest absolute Gasteiger partial charge is 0.493 e. The first-order chi connectivity index (χ1) is 16.7. The van der Waals surface area contributed by atoms with Crippen molar-refractivity contribution in [2.24, 2.45) is 0 Å². The summed E-state index contributed by atoms with van der Waals surface area (Å²) in [6, 6.07) is 11.0. The maximum atomic E-state index is 12.6. The maximum absolute atomic E-state index is 12.6. The molecule has 2 amide bonds. The summed E-state index contributed by atoms with van der Waals surface area (Å²) >= 11 is -4.36. The molecule has 0 saturated carbocycles. The summed E-state index contributed by atoms with van der Waals surface area (Å²) < 4.78 is 41.4. The molecule has 0 radical (unpaired) electrons. The van der Waals surface area contributed by atoms with Crippen LogP contribution in [0.3, 0.4) is 0 Å². The minimum Gasteiger partial charge on any atom is -0.493 e. The summed E-state index contributed by atoms with van der Waals surface area (Å²) in [5.74, 6) is -1.84. The van der Waals surface area contributed by atoms with Crippen LogP contribution in [0.15, 0.2) is 80.8 Å². The number of carbonyl (C=O) groups excluding carboxylic acids is 2. The molecule has 4 rings (SSSR count). The zero-order chi connectivity index (χ0) is 25.3. The summed E-state index contributed by atoms with van der Waals surface area (Å²) in [5.41, 5.74) is 1.93. The SMILES string of the molecule is O=C1NN(c2ccc(S(=O)O)cc2)C(=O)/C1=C\C=Cc1c(O)n(-c2ccc(S(=O)O)cc2)[nH]c1=O. The molecule has 1 aliphatic heterocycles. The van der Waals surface area contributed by atoms with Crippen LogP contribution in [0.1, 0.15) is 5.56 Å². The van der Waals surface area contributed by atoms with Crippen LogP contribution < -0.4 is 16.0 Å². The van der Waals surface area contributed by atoms with E-state index < -0.39 is 45.4 Å². The fourth-order valence-electron chi connectivity index (χ4n) is 3.20. The average molecular weight is 517 g/mol. The number of aromatic amines is 1. The third-order valence-electron chi connectivity index (χ3n) is 4.92. The molecule has 3 aromatic rings. The Hall–Kier alpha value is -4.11. The Morgan fingerprint density at radius 3 is 1.91 bits per heavy atom. The smallest absolute Gasteiger partial charge is 0.282 e. The molecule has 1 aromatic heterocycles. The molecule has 2 heterocycles. The maximum Gasteiger partial charge on any atom is 0.282 e. The molecule has 12 nitrogen and oxygen atoms in total. The number of benzene rings is 2. The van der Waals surface area contributed by atoms with Gasteiger partial charge in [-0.3, -0.25) is 24.9 Å². The van der Waals surface area contributed by atoms with Crippen molar-refractivity contribution in [2.75, 3.05) is 5.01 Å². The van der Waals surface area contributed by atoms with Crippen molar-refractivity contribution in [3.63, 3.8) is 0 Å². The van der Waals surface area contributed by atoms with E-state index in [4.69, 9.17) is 9.11 Å². The molecule has 0 spiro atoms. The highest BCUT2D eigenvalue weighted by Crippen LogP contribution is 2.23. The van der Waals surface area contributed by atoms with Gasteiger partial charge in [-0.2, -0.15) is 0 Å². The van der Waals surface area contributed by atoms with Gasteiger partial charge in [-0.05, 0) is 60.7 Å².